The summed E-state index contributed by atoms with van der Waals surface area (Å²) in [6, 6.07) is 13.0. The number of rotatable bonds is 7. The van der Waals surface area contributed by atoms with E-state index < -0.39 is 30.2 Å². The van der Waals surface area contributed by atoms with E-state index in [9.17, 15) is 18.8 Å². The zero-order valence-electron chi connectivity index (χ0n) is 18.7. The highest BCUT2D eigenvalue weighted by molar-refractivity contribution is 9.10. The van der Waals surface area contributed by atoms with Gasteiger partial charge >= 0.3 is 6.03 Å². The van der Waals surface area contributed by atoms with Gasteiger partial charge in [0.15, 0.2) is 5.75 Å². The van der Waals surface area contributed by atoms with Crippen LogP contribution in [0, 0.1) is 5.82 Å². The number of hydrogen-bond donors (Lipinski definition) is 2. The number of nitrogens with zero attached hydrogens (tertiary/aromatic N) is 1. The summed E-state index contributed by atoms with van der Waals surface area (Å²) >= 11 is 21.9. The van der Waals surface area contributed by atoms with Gasteiger partial charge in [0.1, 0.15) is 24.7 Å². The summed E-state index contributed by atoms with van der Waals surface area (Å²) in [7, 11) is 0. The van der Waals surface area contributed by atoms with Crippen LogP contribution in [-0.2, 0) is 16.2 Å². The first-order valence-electron chi connectivity index (χ1n) is 10.6. The maximum atomic E-state index is 13.8. The molecule has 0 saturated carbocycles. The number of ether oxygens (including phenoxy) is 1. The van der Waals surface area contributed by atoms with Crippen molar-refractivity contribution in [2.75, 3.05) is 11.9 Å². The zero-order valence-corrected chi connectivity index (χ0v) is 22.5. The molecule has 1 heterocycles. The first-order valence-corrected chi connectivity index (χ1v) is 12.5. The number of amides is 4. The quantitative estimate of drug-likeness (QED) is 0.227. The van der Waals surface area contributed by atoms with Crippen LogP contribution in [-0.4, -0.2) is 29.3 Å². The van der Waals surface area contributed by atoms with Crippen molar-refractivity contribution in [3.05, 3.63) is 96.8 Å². The first kappa shape index (κ1) is 26.9. The van der Waals surface area contributed by atoms with Gasteiger partial charge in [-0.25, -0.2) is 14.1 Å². The Morgan fingerprint density at radius 3 is 2.54 bits per heavy atom. The van der Waals surface area contributed by atoms with Gasteiger partial charge in [-0.2, -0.15) is 0 Å². The summed E-state index contributed by atoms with van der Waals surface area (Å²) < 4.78 is 20.1. The molecule has 3 aromatic rings. The third kappa shape index (κ3) is 6.42. The van der Waals surface area contributed by atoms with E-state index >= 15 is 0 Å². The minimum absolute atomic E-state index is 0.0598. The molecule has 0 aliphatic carbocycles. The maximum absolute atomic E-state index is 13.8. The van der Waals surface area contributed by atoms with Crippen LogP contribution in [0.4, 0.5) is 14.9 Å². The van der Waals surface area contributed by atoms with Crippen LogP contribution in [0.25, 0.3) is 6.08 Å². The van der Waals surface area contributed by atoms with Gasteiger partial charge in [-0.05, 0) is 64.0 Å². The Labute approximate surface area is 234 Å². The topological polar surface area (TPSA) is 87.7 Å². The molecule has 0 spiro atoms. The third-order valence-electron chi connectivity index (χ3n) is 5.13. The average Bonchev–Trinajstić information content (AvgIpc) is 3.08. The number of benzene rings is 3. The molecule has 0 bridgehead atoms. The van der Waals surface area contributed by atoms with Gasteiger partial charge < -0.3 is 15.4 Å². The first-order chi connectivity index (χ1) is 17.6. The number of carbonyl (C=O) groups excluding carboxylic acids is 3. The lowest BCUT2D eigenvalue weighted by Crippen LogP contribution is -2.38. The van der Waals surface area contributed by atoms with E-state index in [2.05, 4.69) is 26.6 Å². The Balaban J connectivity index is 1.45. The molecule has 37 heavy (non-hydrogen) atoms. The van der Waals surface area contributed by atoms with Crippen LogP contribution in [0.5, 0.6) is 5.75 Å². The van der Waals surface area contributed by atoms with E-state index in [4.69, 9.17) is 39.5 Å². The van der Waals surface area contributed by atoms with E-state index in [1.54, 1.807) is 36.4 Å². The van der Waals surface area contributed by atoms with E-state index in [0.29, 0.717) is 36.3 Å². The molecule has 1 fully saturated rings. The van der Waals surface area contributed by atoms with E-state index in [0.717, 1.165) is 0 Å². The zero-order chi connectivity index (χ0) is 26.7. The highest BCUT2D eigenvalue weighted by Gasteiger charge is 2.35. The average molecular weight is 628 g/mol. The monoisotopic (exact) mass is 625 g/mol. The second kappa shape index (κ2) is 11.5. The number of hydrogen-bond acceptors (Lipinski definition) is 4. The van der Waals surface area contributed by atoms with E-state index in [1.807, 2.05) is 0 Å². The van der Waals surface area contributed by atoms with Gasteiger partial charge in [0.2, 0.25) is 5.91 Å². The molecule has 3 aromatic carbocycles. The van der Waals surface area contributed by atoms with Crippen LogP contribution in [0.1, 0.15) is 11.1 Å². The molecule has 0 aromatic heterocycles. The Kier molecular flexibility index (Phi) is 8.39. The van der Waals surface area contributed by atoms with Crippen LogP contribution in [0.15, 0.2) is 64.8 Å². The summed E-state index contributed by atoms with van der Waals surface area (Å²) in [5.41, 5.74) is 1.07. The minimum Gasteiger partial charge on any atom is -0.486 e. The highest BCUT2D eigenvalue weighted by atomic mass is 79.9. The minimum atomic E-state index is -0.787. The Morgan fingerprint density at radius 2 is 1.84 bits per heavy atom. The van der Waals surface area contributed by atoms with Crippen LogP contribution in [0.3, 0.4) is 0 Å². The lowest BCUT2D eigenvalue weighted by atomic mass is 10.1. The van der Waals surface area contributed by atoms with Crippen LogP contribution in [0.2, 0.25) is 15.1 Å². The molecular formula is C25H16BrCl3FN3O4. The van der Waals surface area contributed by atoms with Gasteiger partial charge in [0, 0.05) is 15.6 Å². The van der Waals surface area contributed by atoms with Gasteiger partial charge in [0.25, 0.3) is 5.91 Å². The summed E-state index contributed by atoms with van der Waals surface area (Å²) in [6.45, 7) is -0.464. The lowest BCUT2D eigenvalue weighted by Gasteiger charge is -2.13. The lowest BCUT2D eigenvalue weighted by molar-refractivity contribution is -0.127. The predicted molar refractivity (Wildman–Crippen MR) is 143 cm³/mol. The second-order valence-corrected chi connectivity index (χ2v) is 9.85. The summed E-state index contributed by atoms with van der Waals surface area (Å²) in [5, 5.41) is 5.95. The van der Waals surface area contributed by atoms with Crippen molar-refractivity contribution in [3.8, 4) is 5.75 Å². The molecule has 1 aliphatic heterocycles. The number of urea groups is 1. The normalized spacial score (nSPS) is 14.2. The molecular weight excluding hydrogens is 612 g/mol. The summed E-state index contributed by atoms with van der Waals surface area (Å²) in [4.78, 5) is 38.1. The van der Waals surface area contributed by atoms with Crippen molar-refractivity contribution in [2.45, 2.75) is 6.61 Å². The fraction of sp³-hybridized carbons (Fsp3) is 0.0800. The second-order valence-electron chi connectivity index (χ2n) is 7.75. The molecule has 0 atom stereocenters. The van der Waals surface area contributed by atoms with Crippen molar-refractivity contribution >= 4 is 80.3 Å². The smallest absolute Gasteiger partial charge is 0.329 e. The van der Waals surface area contributed by atoms with Crippen molar-refractivity contribution in [1.29, 1.82) is 0 Å². The maximum Gasteiger partial charge on any atom is 0.329 e. The molecule has 12 heteroatoms. The number of carbonyl (C=O) groups is 3. The van der Waals surface area contributed by atoms with Gasteiger partial charge in [-0.1, -0.05) is 53.0 Å². The SMILES string of the molecule is O=C(CN1C(=O)N/C(=C/c2cc(Cl)c(OCc3ccc(Cl)cc3Cl)c(Br)c2)C1=O)Nc1ccccc1F. The Morgan fingerprint density at radius 1 is 1.08 bits per heavy atom. The standard InChI is InChI=1S/C25H16BrCl3FN3O4/c26-16-7-13(8-18(29)23(16)37-12-14-5-6-15(27)10-17(14)28)9-21-24(35)33(25(36)32-21)11-22(34)31-20-4-2-1-3-19(20)30/h1-10H,11-12H2,(H,31,34)(H,32,36)/b21-9+. The fourth-order valence-electron chi connectivity index (χ4n) is 3.37. The van der Waals surface area contributed by atoms with Crippen molar-refractivity contribution in [2.24, 2.45) is 0 Å². The van der Waals surface area contributed by atoms with Crippen LogP contribution >= 0.6 is 50.7 Å². The fourth-order valence-corrected chi connectivity index (χ4v) is 4.82. The molecule has 7 nitrogen and oxygen atoms in total. The van der Waals surface area contributed by atoms with Gasteiger partial charge in [0.05, 0.1) is 15.2 Å². The number of imide groups is 1. The largest absolute Gasteiger partial charge is 0.486 e. The summed E-state index contributed by atoms with van der Waals surface area (Å²) in [5.74, 6) is -1.75. The molecule has 190 valence electrons. The Bertz CT molecular complexity index is 1430. The Hall–Kier alpha value is -3.11. The predicted octanol–water partition coefficient (Wildman–Crippen LogP) is 6.66. The van der Waals surface area contributed by atoms with Crippen LogP contribution < -0.4 is 15.4 Å². The van der Waals surface area contributed by atoms with Crippen molar-refractivity contribution in [1.82, 2.24) is 10.2 Å². The third-order valence-corrected chi connectivity index (χ3v) is 6.59. The number of nitrogens with one attached hydrogen (secondary N) is 2. The van der Waals surface area contributed by atoms with Gasteiger partial charge in [-0.15, -0.1) is 0 Å². The summed E-state index contributed by atoms with van der Waals surface area (Å²) in [6.07, 6.45) is 1.41. The number of anilines is 1. The van der Waals surface area contributed by atoms with Crippen molar-refractivity contribution in [3.63, 3.8) is 0 Å². The molecule has 4 rings (SSSR count). The molecule has 1 saturated heterocycles. The highest BCUT2D eigenvalue weighted by Crippen LogP contribution is 2.36. The molecule has 4 amide bonds. The van der Waals surface area contributed by atoms with E-state index in [1.165, 1.54) is 24.3 Å². The molecule has 1 aliphatic rings. The van der Waals surface area contributed by atoms with Gasteiger partial charge in [-0.3, -0.25) is 9.59 Å². The van der Waals surface area contributed by atoms with E-state index in [-0.39, 0.29) is 23.0 Å². The molecule has 2 N–H and O–H groups in total. The molecule has 0 radical (unpaired) electrons. The van der Waals surface area contributed by atoms with Crippen molar-refractivity contribution < 1.29 is 23.5 Å². The number of halogens is 5. The molecule has 0 unspecified atom stereocenters. The number of para-hydroxylation sites is 1.